The summed E-state index contributed by atoms with van der Waals surface area (Å²) in [6, 6.07) is 11.5. The van der Waals surface area contributed by atoms with Gasteiger partial charge in [0.15, 0.2) is 6.61 Å². The van der Waals surface area contributed by atoms with Gasteiger partial charge in [-0.15, -0.1) is 0 Å². The van der Waals surface area contributed by atoms with E-state index in [9.17, 15) is 9.59 Å². The number of nitrogen functional groups attached to an aromatic ring is 1. The first-order valence-corrected chi connectivity index (χ1v) is 9.18. The van der Waals surface area contributed by atoms with E-state index in [1.54, 1.807) is 36.4 Å². The van der Waals surface area contributed by atoms with Crippen LogP contribution in [0.3, 0.4) is 0 Å². The van der Waals surface area contributed by atoms with E-state index >= 15 is 0 Å². The Bertz CT molecular complexity index is 834. The summed E-state index contributed by atoms with van der Waals surface area (Å²) in [5, 5.41) is 3.09. The van der Waals surface area contributed by atoms with Crippen molar-refractivity contribution in [3.8, 4) is 5.75 Å². The smallest absolute Gasteiger partial charge is 0.338 e. The molecule has 0 bridgehead atoms. The summed E-state index contributed by atoms with van der Waals surface area (Å²) < 4.78 is 11.0. The van der Waals surface area contributed by atoms with Crippen LogP contribution in [0.2, 0.25) is 5.02 Å². The molecule has 1 amide bonds. The molecule has 0 atom stereocenters. The summed E-state index contributed by atoms with van der Waals surface area (Å²) in [4.78, 5) is 24.3. The van der Waals surface area contributed by atoms with Crippen LogP contribution >= 0.6 is 11.6 Å². The molecular formula is C20H21ClN2O4. The molecule has 6 nitrogen and oxygen atoms in total. The number of nitrogens with two attached hydrogens (primary N) is 1. The van der Waals surface area contributed by atoms with Gasteiger partial charge in [-0.05, 0) is 56.0 Å². The van der Waals surface area contributed by atoms with E-state index < -0.39 is 5.97 Å². The molecule has 3 rings (SSSR count). The van der Waals surface area contributed by atoms with Crippen molar-refractivity contribution in [1.29, 1.82) is 0 Å². The topological polar surface area (TPSA) is 90.7 Å². The summed E-state index contributed by atoms with van der Waals surface area (Å²) in [7, 11) is 0. The maximum atomic E-state index is 12.3. The van der Waals surface area contributed by atoms with E-state index in [0.29, 0.717) is 22.0 Å². The molecule has 0 spiro atoms. The molecule has 142 valence electrons. The fraction of sp³-hybridized carbons (Fsp3) is 0.300. The minimum Gasteiger partial charge on any atom is -0.482 e. The lowest BCUT2D eigenvalue weighted by Gasteiger charge is -2.13. The third-order valence-corrected chi connectivity index (χ3v) is 4.66. The van der Waals surface area contributed by atoms with Crippen LogP contribution in [-0.4, -0.2) is 24.6 Å². The number of benzene rings is 2. The van der Waals surface area contributed by atoms with E-state index in [-0.39, 0.29) is 24.4 Å². The van der Waals surface area contributed by atoms with Gasteiger partial charge in [-0.25, -0.2) is 4.79 Å². The predicted octanol–water partition coefficient (Wildman–Crippen LogP) is 4.04. The van der Waals surface area contributed by atoms with Crippen LogP contribution in [0, 0.1) is 0 Å². The van der Waals surface area contributed by atoms with Gasteiger partial charge in [-0.3, -0.25) is 4.79 Å². The molecule has 1 aliphatic carbocycles. The number of esters is 1. The van der Waals surface area contributed by atoms with Crippen molar-refractivity contribution in [3.63, 3.8) is 0 Å². The number of halogens is 1. The lowest BCUT2D eigenvalue weighted by atomic mass is 10.2. The van der Waals surface area contributed by atoms with Crippen LogP contribution in [0.1, 0.15) is 36.0 Å². The fourth-order valence-corrected chi connectivity index (χ4v) is 3.09. The zero-order chi connectivity index (χ0) is 19.2. The van der Waals surface area contributed by atoms with E-state index in [1.165, 1.54) is 6.07 Å². The first kappa shape index (κ1) is 19.0. The number of carbonyl (C=O) groups excluding carboxylic acids is 2. The minimum atomic E-state index is -0.410. The maximum absolute atomic E-state index is 12.3. The molecule has 0 heterocycles. The van der Waals surface area contributed by atoms with Crippen LogP contribution in [0.25, 0.3) is 0 Å². The number of carbonyl (C=O) groups is 2. The lowest BCUT2D eigenvalue weighted by molar-refractivity contribution is -0.118. The molecule has 1 aliphatic rings. The standard InChI is InChI=1S/C20H21ClN2O4/c21-15-7-3-4-8-17(15)23-19(24)12-26-18-11-13(9-10-16(18)22)20(25)27-14-5-1-2-6-14/h3-4,7-11,14H,1-2,5-6,12,22H2,(H,23,24). The second kappa shape index (κ2) is 8.77. The Labute approximate surface area is 162 Å². The van der Waals surface area contributed by atoms with Gasteiger partial charge in [0, 0.05) is 0 Å². The van der Waals surface area contributed by atoms with Gasteiger partial charge in [0.1, 0.15) is 11.9 Å². The van der Waals surface area contributed by atoms with Crippen molar-refractivity contribution in [3.05, 3.63) is 53.1 Å². The van der Waals surface area contributed by atoms with Crippen LogP contribution in [0.4, 0.5) is 11.4 Å². The largest absolute Gasteiger partial charge is 0.482 e. The van der Waals surface area contributed by atoms with Gasteiger partial charge < -0.3 is 20.5 Å². The Kier molecular flexibility index (Phi) is 6.19. The number of hydrogen-bond donors (Lipinski definition) is 2. The van der Waals surface area contributed by atoms with E-state index in [1.807, 2.05) is 0 Å². The molecule has 2 aromatic carbocycles. The van der Waals surface area contributed by atoms with Gasteiger partial charge in [-0.2, -0.15) is 0 Å². The number of para-hydroxylation sites is 1. The highest BCUT2D eigenvalue weighted by Gasteiger charge is 2.21. The first-order valence-electron chi connectivity index (χ1n) is 8.80. The highest BCUT2D eigenvalue weighted by atomic mass is 35.5. The van der Waals surface area contributed by atoms with Gasteiger partial charge >= 0.3 is 5.97 Å². The monoisotopic (exact) mass is 388 g/mol. The zero-order valence-corrected chi connectivity index (χ0v) is 15.5. The highest BCUT2D eigenvalue weighted by Crippen LogP contribution is 2.26. The number of nitrogens with one attached hydrogen (secondary N) is 1. The molecule has 0 unspecified atom stereocenters. The summed E-state index contributed by atoms with van der Waals surface area (Å²) in [6.07, 6.45) is 3.92. The van der Waals surface area contributed by atoms with Crippen molar-refractivity contribution < 1.29 is 19.1 Å². The molecule has 0 aromatic heterocycles. The van der Waals surface area contributed by atoms with Crippen molar-refractivity contribution in [2.45, 2.75) is 31.8 Å². The van der Waals surface area contributed by atoms with E-state index in [0.717, 1.165) is 25.7 Å². The van der Waals surface area contributed by atoms with Crippen molar-refractivity contribution >= 4 is 34.9 Å². The van der Waals surface area contributed by atoms with Crippen LogP contribution in [-0.2, 0) is 9.53 Å². The number of anilines is 2. The summed E-state index contributed by atoms with van der Waals surface area (Å²) in [5.74, 6) is -0.543. The second-order valence-corrected chi connectivity index (χ2v) is 6.79. The molecule has 0 aliphatic heterocycles. The molecule has 0 radical (unpaired) electrons. The van der Waals surface area contributed by atoms with Gasteiger partial charge in [-0.1, -0.05) is 23.7 Å². The molecular weight excluding hydrogens is 368 g/mol. The molecule has 3 N–H and O–H groups in total. The van der Waals surface area contributed by atoms with E-state index in [2.05, 4.69) is 5.32 Å². The summed E-state index contributed by atoms with van der Waals surface area (Å²) in [6.45, 7) is -0.267. The van der Waals surface area contributed by atoms with Gasteiger partial charge in [0.2, 0.25) is 0 Å². The SMILES string of the molecule is Nc1ccc(C(=O)OC2CCCC2)cc1OCC(=O)Nc1ccccc1Cl. The Morgan fingerprint density at radius 1 is 1.15 bits per heavy atom. The number of hydrogen-bond acceptors (Lipinski definition) is 5. The van der Waals surface area contributed by atoms with Crippen LogP contribution in [0.5, 0.6) is 5.75 Å². The van der Waals surface area contributed by atoms with Crippen molar-refractivity contribution in [1.82, 2.24) is 0 Å². The highest BCUT2D eigenvalue weighted by molar-refractivity contribution is 6.33. The minimum absolute atomic E-state index is 0.0270. The van der Waals surface area contributed by atoms with Gasteiger partial charge in [0.25, 0.3) is 5.91 Å². The quantitative estimate of drug-likeness (QED) is 0.575. The molecule has 2 aromatic rings. The Hall–Kier alpha value is -2.73. The number of amides is 1. The summed E-state index contributed by atoms with van der Waals surface area (Å²) in [5.41, 5.74) is 7.06. The Morgan fingerprint density at radius 2 is 1.89 bits per heavy atom. The number of ether oxygens (including phenoxy) is 2. The second-order valence-electron chi connectivity index (χ2n) is 6.38. The third kappa shape index (κ3) is 5.14. The predicted molar refractivity (Wildman–Crippen MR) is 104 cm³/mol. The van der Waals surface area contributed by atoms with E-state index in [4.69, 9.17) is 26.8 Å². The Morgan fingerprint density at radius 3 is 2.63 bits per heavy atom. The molecule has 27 heavy (non-hydrogen) atoms. The maximum Gasteiger partial charge on any atom is 0.338 e. The Balaban J connectivity index is 1.60. The molecule has 7 heteroatoms. The third-order valence-electron chi connectivity index (χ3n) is 4.33. The van der Waals surface area contributed by atoms with Crippen LogP contribution in [0.15, 0.2) is 42.5 Å². The summed E-state index contributed by atoms with van der Waals surface area (Å²) >= 11 is 6.01. The normalized spacial score (nSPS) is 14.0. The number of rotatable bonds is 6. The average Bonchev–Trinajstić information content (AvgIpc) is 3.16. The fourth-order valence-electron chi connectivity index (χ4n) is 2.90. The molecule has 1 saturated carbocycles. The molecule has 0 saturated heterocycles. The van der Waals surface area contributed by atoms with Crippen molar-refractivity contribution in [2.24, 2.45) is 0 Å². The van der Waals surface area contributed by atoms with Crippen molar-refractivity contribution in [2.75, 3.05) is 17.7 Å². The zero-order valence-electron chi connectivity index (χ0n) is 14.7. The van der Waals surface area contributed by atoms with Crippen LogP contribution < -0.4 is 15.8 Å². The average molecular weight is 389 g/mol. The lowest BCUT2D eigenvalue weighted by Crippen LogP contribution is -2.21. The van der Waals surface area contributed by atoms with Gasteiger partial charge in [0.05, 0.1) is 22.0 Å². The first-order chi connectivity index (χ1) is 13.0. The molecule has 1 fully saturated rings.